The first-order valence-electron chi connectivity index (χ1n) is 2.09. The van der Waals surface area contributed by atoms with Gasteiger partial charge in [-0.1, -0.05) is 0 Å². The minimum Gasteiger partial charge on any atom is -0.353 e. The fourth-order valence-corrected chi connectivity index (χ4v) is 0.340. The van der Waals surface area contributed by atoms with Crippen LogP contribution in [0.1, 0.15) is 0 Å². The van der Waals surface area contributed by atoms with E-state index < -0.39 is 0 Å². The Morgan fingerprint density at radius 3 is 3.29 bits per heavy atom. The maximum Gasteiger partial charge on any atom is 0.0918 e. The summed E-state index contributed by atoms with van der Waals surface area (Å²) in [5.41, 5.74) is 0. The molecule has 1 aliphatic rings. The van der Waals surface area contributed by atoms with Gasteiger partial charge in [0.2, 0.25) is 0 Å². The van der Waals surface area contributed by atoms with Crippen LogP contribution in [0.4, 0.5) is 0 Å². The van der Waals surface area contributed by atoms with Crippen LogP contribution in [-0.4, -0.2) is 6.34 Å². The van der Waals surface area contributed by atoms with Gasteiger partial charge in [-0.2, -0.15) is 0 Å². The van der Waals surface area contributed by atoms with Crippen LogP contribution in [-0.2, 0) is 0 Å². The van der Waals surface area contributed by atoms with Crippen molar-refractivity contribution in [1.82, 2.24) is 5.32 Å². The monoisotopic (exact) mass is 94.1 g/mol. The highest BCUT2D eigenvalue weighted by atomic mass is 14.9. The van der Waals surface area contributed by atoms with Gasteiger partial charge < -0.3 is 5.32 Å². The Balaban J connectivity index is 2.60. The third kappa shape index (κ3) is 1.22. The summed E-state index contributed by atoms with van der Waals surface area (Å²) in [6, 6.07) is 0. The fourth-order valence-electron chi connectivity index (χ4n) is 0.340. The SMILES string of the molecule is C1=CN=CNC=C1. The molecular weight excluding hydrogens is 88.1 g/mol. The van der Waals surface area contributed by atoms with Crippen molar-refractivity contribution in [1.29, 1.82) is 0 Å². The molecule has 0 aromatic heterocycles. The van der Waals surface area contributed by atoms with E-state index in [1.165, 1.54) is 0 Å². The van der Waals surface area contributed by atoms with Crippen LogP contribution in [0.5, 0.6) is 0 Å². The summed E-state index contributed by atoms with van der Waals surface area (Å²) >= 11 is 0. The standard InChI is InChI=1S/C5H6N2/c1-2-4-7-5-6-3-1/h1-5H,(H,6,7). The lowest BCUT2D eigenvalue weighted by Crippen LogP contribution is -1.96. The summed E-state index contributed by atoms with van der Waals surface area (Å²) in [7, 11) is 0. The average Bonchev–Trinajstić information content (AvgIpc) is 1.90. The molecular formula is C5H6N2. The molecule has 0 spiro atoms. The Bertz CT molecular complexity index is 108. The van der Waals surface area contributed by atoms with Crippen LogP contribution in [0, 0.1) is 0 Å². The molecule has 1 heterocycles. The molecule has 0 aromatic rings. The summed E-state index contributed by atoms with van der Waals surface area (Å²) < 4.78 is 0. The first-order valence-corrected chi connectivity index (χ1v) is 2.09. The Hall–Kier alpha value is -1.05. The number of nitrogens with one attached hydrogen (secondary N) is 1. The summed E-state index contributed by atoms with van der Waals surface area (Å²) in [5.74, 6) is 0. The number of rotatable bonds is 0. The van der Waals surface area contributed by atoms with Gasteiger partial charge in [0, 0.05) is 12.4 Å². The van der Waals surface area contributed by atoms with Crippen LogP contribution in [0.25, 0.3) is 0 Å². The van der Waals surface area contributed by atoms with Crippen molar-refractivity contribution in [2.24, 2.45) is 4.99 Å². The van der Waals surface area contributed by atoms with Crippen LogP contribution in [0.3, 0.4) is 0 Å². The molecule has 0 saturated heterocycles. The molecule has 0 atom stereocenters. The zero-order valence-electron chi connectivity index (χ0n) is 3.83. The van der Waals surface area contributed by atoms with E-state index >= 15 is 0 Å². The van der Waals surface area contributed by atoms with E-state index in [0.717, 1.165) is 0 Å². The number of aliphatic imine (C=N–C) groups is 1. The zero-order chi connectivity index (χ0) is 4.95. The van der Waals surface area contributed by atoms with E-state index in [2.05, 4.69) is 10.3 Å². The van der Waals surface area contributed by atoms with Gasteiger partial charge in [0.25, 0.3) is 0 Å². The minimum atomic E-state index is 1.62. The fraction of sp³-hybridized carbons (Fsp3) is 0. The Labute approximate surface area is 42.3 Å². The number of nitrogens with zero attached hydrogens (tertiary/aromatic N) is 1. The van der Waals surface area contributed by atoms with Crippen LogP contribution in [0.2, 0.25) is 0 Å². The van der Waals surface area contributed by atoms with Crippen molar-refractivity contribution in [3.8, 4) is 0 Å². The van der Waals surface area contributed by atoms with Crippen LogP contribution < -0.4 is 5.32 Å². The van der Waals surface area contributed by atoms with E-state index in [9.17, 15) is 0 Å². The predicted molar refractivity (Wildman–Crippen MR) is 29.9 cm³/mol. The van der Waals surface area contributed by atoms with E-state index in [4.69, 9.17) is 0 Å². The average molecular weight is 94.1 g/mol. The minimum absolute atomic E-state index is 1.62. The van der Waals surface area contributed by atoms with Crippen LogP contribution in [0.15, 0.2) is 29.5 Å². The molecule has 0 radical (unpaired) electrons. The first kappa shape index (κ1) is 4.12. The number of allylic oxidation sites excluding steroid dienone is 2. The Morgan fingerprint density at radius 2 is 2.29 bits per heavy atom. The molecule has 2 heteroatoms. The molecule has 1 rings (SSSR count). The molecule has 1 aliphatic heterocycles. The Morgan fingerprint density at radius 1 is 1.29 bits per heavy atom. The summed E-state index contributed by atoms with van der Waals surface area (Å²) in [6.07, 6.45) is 8.90. The van der Waals surface area contributed by atoms with Gasteiger partial charge in [0.15, 0.2) is 0 Å². The maximum atomic E-state index is 3.79. The van der Waals surface area contributed by atoms with E-state index in [1.807, 2.05) is 18.4 Å². The second kappa shape index (κ2) is 2.18. The lowest BCUT2D eigenvalue weighted by molar-refractivity contribution is 1.32. The van der Waals surface area contributed by atoms with Crippen molar-refractivity contribution >= 4 is 6.34 Å². The van der Waals surface area contributed by atoms with Crippen molar-refractivity contribution in [3.63, 3.8) is 0 Å². The quantitative estimate of drug-likeness (QED) is 0.468. The zero-order valence-corrected chi connectivity index (χ0v) is 3.83. The maximum absolute atomic E-state index is 3.79. The number of hydrogen-bond acceptors (Lipinski definition) is 2. The lowest BCUT2D eigenvalue weighted by Gasteiger charge is -1.77. The van der Waals surface area contributed by atoms with Gasteiger partial charge in [-0.3, -0.25) is 0 Å². The third-order valence-corrected chi connectivity index (χ3v) is 0.625. The molecule has 0 aromatic carbocycles. The highest BCUT2D eigenvalue weighted by molar-refractivity contribution is 5.57. The Kier molecular flexibility index (Phi) is 1.28. The normalized spacial score (nSPS) is 16.0. The van der Waals surface area contributed by atoms with E-state index in [-0.39, 0.29) is 0 Å². The predicted octanol–water partition coefficient (Wildman–Crippen LogP) is 0.645. The molecule has 1 N–H and O–H groups in total. The topological polar surface area (TPSA) is 24.4 Å². The molecule has 0 aliphatic carbocycles. The van der Waals surface area contributed by atoms with Gasteiger partial charge in [0.1, 0.15) is 0 Å². The van der Waals surface area contributed by atoms with Gasteiger partial charge in [-0.25, -0.2) is 4.99 Å². The highest BCUT2D eigenvalue weighted by Gasteiger charge is 1.68. The molecule has 0 unspecified atom stereocenters. The largest absolute Gasteiger partial charge is 0.353 e. The van der Waals surface area contributed by atoms with Gasteiger partial charge in [0.05, 0.1) is 6.34 Å². The van der Waals surface area contributed by atoms with Crippen molar-refractivity contribution < 1.29 is 0 Å². The molecule has 0 saturated carbocycles. The molecule has 0 amide bonds. The lowest BCUT2D eigenvalue weighted by atomic mass is 10.6. The van der Waals surface area contributed by atoms with Crippen molar-refractivity contribution in [3.05, 3.63) is 24.6 Å². The van der Waals surface area contributed by atoms with Crippen molar-refractivity contribution in [2.75, 3.05) is 0 Å². The van der Waals surface area contributed by atoms with Crippen LogP contribution >= 0.6 is 0 Å². The van der Waals surface area contributed by atoms with E-state index in [0.29, 0.717) is 0 Å². The smallest absolute Gasteiger partial charge is 0.0918 e. The number of hydrogen-bond donors (Lipinski definition) is 1. The summed E-state index contributed by atoms with van der Waals surface area (Å²) in [5, 5.41) is 2.81. The first-order chi connectivity index (χ1) is 3.50. The molecule has 0 fully saturated rings. The molecule has 36 valence electrons. The van der Waals surface area contributed by atoms with Gasteiger partial charge in [-0.05, 0) is 12.2 Å². The van der Waals surface area contributed by atoms with E-state index in [1.54, 1.807) is 12.5 Å². The molecule has 7 heavy (non-hydrogen) atoms. The summed E-state index contributed by atoms with van der Waals surface area (Å²) in [4.78, 5) is 3.79. The van der Waals surface area contributed by atoms with Crippen molar-refractivity contribution in [2.45, 2.75) is 0 Å². The molecule has 2 nitrogen and oxygen atoms in total. The second-order valence-electron chi connectivity index (χ2n) is 1.15. The van der Waals surface area contributed by atoms with Gasteiger partial charge >= 0.3 is 0 Å². The molecule has 0 bridgehead atoms. The summed E-state index contributed by atoms with van der Waals surface area (Å²) in [6.45, 7) is 0. The van der Waals surface area contributed by atoms with Gasteiger partial charge in [-0.15, -0.1) is 0 Å². The second-order valence-corrected chi connectivity index (χ2v) is 1.15. The third-order valence-electron chi connectivity index (χ3n) is 0.625. The highest BCUT2D eigenvalue weighted by Crippen LogP contribution is 1.77.